The second-order valence-electron chi connectivity index (χ2n) is 5.96. The summed E-state index contributed by atoms with van der Waals surface area (Å²) in [4.78, 5) is 2.57. The maximum atomic E-state index is 6.24. The molecule has 2 atom stereocenters. The lowest BCUT2D eigenvalue weighted by molar-refractivity contribution is 0.135. The van der Waals surface area contributed by atoms with E-state index >= 15 is 0 Å². The molecule has 0 aliphatic heterocycles. The fourth-order valence-electron chi connectivity index (χ4n) is 3.60. The van der Waals surface area contributed by atoms with Gasteiger partial charge in [0, 0.05) is 18.6 Å². The van der Waals surface area contributed by atoms with Crippen LogP contribution in [0, 0.1) is 5.92 Å². The normalized spacial score (nSPS) is 33.2. The van der Waals surface area contributed by atoms with E-state index in [1.807, 2.05) is 0 Å². The fourth-order valence-corrected chi connectivity index (χ4v) is 3.60. The Kier molecular flexibility index (Phi) is 4.66. The van der Waals surface area contributed by atoms with E-state index in [2.05, 4.69) is 11.9 Å². The van der Waals surface area contributed by atoms with Crippen LogP contribution in [0.5, 0.6) is 0 Å². The number of rotatable bonds is 3. The summed E-state index contributed by atoms with van der Waals surface area (Å²) in [6.45, 7) is 1.29. The maximum Gasteiger partial charge on any atom is 0.0244 e. The highest BCUT2D eigenvalue weighted by molar-refractivity contribution is 4.85. The first-order chi connectivity index (χ1) is 7.77. The molecule has 2 heteroatoms. The largest absolute Gasteiger partial charge is 0.326 e. The van der Waals surface area contributed by atoms with Crippen molar-refractivity contribution in [1.29, 1.82) is 0 Å². The lowest BCUT2D eigenvalue weighted by Crippen LogP contribution is -2.49. The molecule has 2 aliphatic carbocycles. The minimum absolute atomic E-state index is 0.433. The summed E-state index contributed by atoms with van der Waals surface area (Å²) in [5, 5.41) is 0. The molecule has 2 N–H and O–H groups in total. The second-order valence-corrected chi connectivity index (χ2v) is 5.96. The van der Waals surface area contributed by atoms with Crippen LogP contribution in [-0.4, -0.2) is 30.6 Å². The van der Waals surface area contributed by atoms with E-state index in [-0.39, 0.29) is 0 Å². The molecule has 16 heavy (non-hydrogen) atoms. The van der Waals surface area contributed by atoms with Crippen molar-refractivity contribution in [2.75, 3.05) is 13.6 Å². The molecule has 0 spiro atoms. The van der Waals surface area contributed by atoms with Crippen LogP contribution in [-0.2, 0) is 0 Å². The van der Waals surface area contributed by atoms with Gasteiger partial charge < -0.3 is 10.6 Å². The zero-order valence-corrected chi connectivity index (χ0v) is 10.8. The van der Waals surface area contributed by atoms with Crippen molar-refractivity contribution in [2.45, 2.75) is 69.9 Å². The Labute approximate surface area is 101 Å². The molecule has 2 nitrogen and oxygen atoms in total. The number of nitrogens with two attached hydrogens (primary N) is 1. The molecular weight excluding hydrogens is 196 g/mol. The van der Waals surface area contributed by atoms with Gasteiger partial charge in [-0.15, -0.1) is 0 Å². The second kappa shape index (κ2) is 6.02. The zero-order valence-electron chi connectivity index (χ0n) is 10.8. The number of hydrogen-bond acceptors (Lipinski definition) is 2. The van der Waals surface area contributed by atoms with Crippen molar-refractivity contribution in [3.63, 3.8) is 0 Å². The lowest BCUT2D eigenvalue weighted by atomic mass is 9.86. The van der Waals surface area contributed by atoms with Gasteiger partial charge in [-0.2, -0.15) is 0 Å². The summed E-state index contributed by atoms with van der Waals surface area (Å²) in [7, 11) is 2.30. The van der Waals surface area contributed by atoms with E-state index < -0.39 is 0 Å². The van der Waals surface area contributed by atoms with Gasteiger partial charge in [0.15, 0.2) is 0 Å². The number of hydrogen-bond donors (Lipinski definition) is 1. The van der Waals surface area contributed by atoms with Crippen molar-refractivity contribution in [1.82, 2.24) is 4.90 Å². The average Bonchev–Trinajstić information content (AvgIpc) is 2.31. The van der Waals surface area contributed by atoms with Gasteiger partial charge in [0.1, 0.15) is 0 Å². The van der Waals surface area contributed by atoms with Crippen LogP contribution in [0.2, 0.25) is 0 Å². The molecule has 0 amide bonds. The van der Waals surface area contributed by atoms with Crippen LogP contribution in [0.4, 0.5) is 0 Å². The molecular formula is C14H28N2. The third-order valence-corrected chi connectivity index (χ3v) is 4.62. The molecule has 2 fully saturated rings. The molecule has 2 unspecified atom stereocenters. The molecule has 94 valence electrons. The Morgan fingerprint density at radius 1 is 0.938 bits per heavy atom. The monoisotopic (exact) mass is 224 g/mol. The van der Waals surface area contributed by atoms with Gasteiger partial charge in [-0.05, 0) is 38.6 Å². The van der Waals surface area contributed by atoms with E-state index in [0.717, 1.165) is 5.92 Å². The van der Waals surface area contributed by atoms with E-state index in [1.165, 1.54) is 64.3 Å². The van der Waals surface area contributed by atoms with Gasteiger partial charge in [-0.25, -0.2) is 0 Å². The smallest absolute Gasteiger partial charge is 0.0244 e. The van der Waals surface area contributed by atoms with Crippen LogP contribution >= 0.6 is 0 Å². The lowest BCUT2D eigenvalue weighted by Gasteiger charge is -2.38. The Morgan fingerprint density at radius 2 is 1.56 bits per heavy atom. The summed E-state index contributed by atoms with van der Waals surface area (Å²) in [6, 6.07) is 1.10. The molecule has 2 aliphatic rings. The van der Waals surface area contributed by atoms with Gasteiger partial charge >= 0.3 is 0 Å². The molecule has 0 heterocycles. The standard InChI is InChI=1S/C14H28N2/c1-16(11-12-7-3-2-4-8-12)14-10-6-5-9-13(14)15/h12-14H,2-11,15H2,1H3. The van der Waals surface area contributed by atoms with Gasteiger partial charge in [0.2, 0.25) is 0 Å². The van der Waals surface area contributed by atoms with Gasteiger partial charge in [-0.3, -0.25) is 0 Å². The van der Waals surface area contributed by atoms with Crippen LogP contribution in [0.3, 0.4) is 0 Å². The highest BCUT2D eigenvalue weighted by Crippen LogP contribution is 2.27. The van der Waals surface area contributed by atoms with Crippen molar-refractivity contribution in [3.8, 4) is 0 Å². The third kappa shape index (κ3) is 3.21. The molecule has 2 saturated carbocycles. The zero-order chi connectivity index (χ0) is 11.4. The quantitative estimate of drug-likeness (QED) is 0.798. The Balaban J connectivity index is 1.78. The predicted octanol–water partition coefficient (Wildman–Crippen LogP) is 2.77. The SMILES string of the molecule is CN(CC1CCCCC1)C1CCCCC1N. The topological polar surface area (TPSA) is 29.3 Å². The molecule has 0 aromatic rings. The molecule has 0 bridgehead atoms. The number of likely N-dealkylation sites (N-methyl/N-ethyl adjacent to an activating group) is 1. The van der Waals surface area contributed by atoms with Gasteiger partial charge in [-0.1, -0.05) is 32.1 Å². The predicted molar refractivity (Wildman–Crippen MR) is 69.4 cm³/mol. The van der Waals surface area contributed by atoms with E-state index in [4.69, 9.17) is 5.73 Å². The van der Waals surface area contributed by atoms with Crippen LogP contribution in [0.1, 0.15) is 57.8 Å². The van der Waals surface area contributed by atoms with Gasteiger partial charge in [0.25, 0.3) is 0 Å². The van der Waals surface area contributed by atoms with E-state index in [1.54, 1.807) is 0 Å². The first-order valence-electron chi connectivity index (χ1n) is 7.23. The Hall–Kier alpha value is -0.0800. The van der Waals surface area contributed by atoms with Crippen molar-refractivity contribution in [2.24, 2.45) is 11.7 Å². The molecule has 0 aromatic heterocycles. The molecule has 0 radical (unpaired) electrons. The van der Waals surface area contributed by atoms with Crippen LogP contribution < -0.4 is 5.73 Å². The summed E-state index contributed by atoms with van der Waals surface area (Å²) in [5.74, 6) is 0.952. The third-order valence-electron chi connectivity index (χ3n) is 4.62. The average molecular weight is 224 g/mol. The molecule has 0 aromatic carbocycles. The highest BCUT2D eigenvalue weighted by atomic mass is 15.1. The summed E-state index contributed by atoms with van der Waals surface area (Å²) >= 11 is 0. The van der Waals surface area contributed by atoms with Crippen molar-refractivity contribution >= 4 is 0 Å². The van der Waals surface area contributed by atoms with Crippen LogP contribution in [0.15, 0.2) is 0 Å². The minimum atomic E-state index is 0.433. The fraction of sp³-hybridized carbons (Fsp3) is 1.00. The highest BCUT2D eigenvalue weighted by Gasteiger charge is 2.27. The first-order valence-corrected chi connectivity index (χ1v) is 7.23. The van der Waals surface area contributed by atoms with Gasteiger partial charge in [0.05, 0.1) is 0 Å². The molecule has 0 saturated heterocycles. The summed E-state index contributed by atoms with van der Waals surface area (Å²) in [5.41, 5.74) is 6.24. The first kappa shape index (κ1) is 12.4. The summed E-state index contributed by atoms with van der Waals surface area (Å²) in [6.07, 6.45) is 12.6. The summed E-state index contributed by atoms with van der Waals surface area (Å²) < 4.78 is 0. The van der Waals surface area contributed by atoms with Crippen molar-refractivity contribution in [3.05, 3.63) is 0 Å². The number of nitrogens with zero attached hydrogens (tertiary/aromatic N) is 1. The van der Waals surface area contributed by atoms with E-state index in [9.17, 15) is 0 Å². The van der Waals surface area contributed by atoms with Crippen LogP contribution in [0.25, 0.3) is 0 Å². The Morgan fingerprint density at radius 3 is 2.25 bits per heavy atom. The minimum Gasteiger partial charge on any atom is -0.326 e. The molecule has 2 rings (SSSR count). The van der Waals surface area contributed by atoms with Crippen molar-refractivity contribution < 1.29 is 0 Å². The maximum absolute atomic E-state index is 6.24. The Bertz CT molecular complexity index is 199. The van der Waals surface area contributed by atoms with E-state index in [0.29, 0.717) is 12.1 Å².